The van der Waals surface area contributed by atoms with Gasteiger partial charge in [0.2, 0.25) is 5.91 Å². The Bertz CT molecular complexity index is 780. The largest absolute Gasteiger partial charge is 0.484 e. The van der Waals surface area contributed by atoms with E-state index in [1.807, 2.05) is 4.90 Å². The van der Waals surface area contributed by atoms with E-state index in [2.05, 4.69) is 0 Å². The Hall–Kier alpha value is -2.44. The van der Waals surface area contributed by atoms with Crippen LogP contribution in [0.4, 0.5) is 4.39 Å². The van der Waals surface area contributed by atoms with Gasteiger partial charge in [-0.05, 0) is 42.0 Å². The van der Waals surface area contributed by atoms with Gasteiger partial charge in [0.25, 0.3) is 5.91 Å². The number of hydrogen-bond donors (Lipinski definition) is 0. The molecule has 2 aromatic rings. The van der Waals surface area contributed by atoms with Gasteiger partial charge in [-0.15, -0.1) is 0 Å². The van der Waals surface area contributed by atoms with Crippen LogP contribution in [0.5, 0.6) is 5.75 Å². The number of carbonyl (C=O) groups is 2. The van der Waals surface area contributed by atoms with Crippen LogP contribution in [0, 0.1) is 5.82 Å². The van der Waals surface area contributed by atoms with E-state index in [1.54, 1.807) is 36.4 Å². The number of nitrogens with zero attached hydrogens (tertiary/aromatic N) is 2. The lowest BCUT2D eigenvalue weighted by atomic mass is 10.2. The Labute approximate surface area is 155 Å². The molecule has 0 spiro atoms. The van der Waals surface area contributed by atoms with E-state index in [1.165, 1.54) is 17.0 Å². The van der Waals surface area contributed by atoms with E-state index in [0.717, 1.165) is 5.56 Å². The molecule has 0 saturated carbocycles. The van der Waals surface area contributed by atoms with E-state index >= 15 is 0 Å². The highest BCUT2D eigenvalue weighted by Gasteiger charge is 2.28. The molecule has 1 aliphatic rings. The lowest BCUT2D eigenvalue weighted by molar-refractivity contribution is -0.150. The second kappa shape index (κ2) is 8.29. The van der Waals surface area contributed by atoms with Crippen LogP contribution in [0.1, 0.15) is 5.56 Å². The molecule has 26 heavy (non-hydrogen) atoms. The standard InChI is InChI=1S/C19H18ClFN2O3/c20-15-3-7-17(8-4-15)26-13-19(25)23-10-9-22(12-18(23)24)11-14-1-5-16(21)6-2-14/h1-8H,9-13H2. The lowest BCUT2D eigenvalue weighted by Crippen LogP contribution is -2.53. The zero-order chi connectivity index (χ0) is 18.5. The molecule has 7 heteroatoms. The van der Waals surface area contributed by atoms with Crippen LogP contribution in [0.25, 0.3) is 0 Å². The van der Waals surface area contributed by atoms with Crippen LogP contribution in [-0.4, -0.2) is 47.9 Å². The summed E-state index contributed by atoms with van der Waals surface area (Å²) in [4.78, 5) is 27.7. The van der Waals surface area contributed by atoms with E-state index in [9.17, 15) is 14.0 Å². The number of rotatable bonds is 5. The number of hydrogen-bond acceptors (Lipinski definition) is 4. The van der Waals surface area contributed by atoms with Crippen molar-refractivity contribution in [2.75, 3.05) is 26.2 Å². The van der Waals surface area contributed by atoms with Gasteiger partial charge in [0.1, 0.15) is 11.6 Å². The van der Waals surface area contributed by atoms with Crippen molar-refractivity contribution in [2.24, 2.45) is 0 Å². The SMILES string of the molecule is O=C(COc1ccc(Cl)cc1)N1CCN(Cc2ccc(F)cc2)CC1=O. The molecule has 1 heterocycles. The zero-order valence-corrected chi connectivity index (χ0v) is 14.8. The van der Waals surface area contributed by atoms with Gasteiger partial charge >= 0.3 is 0 Å². The van der Waals surface area contributed by atoms with Gasteiger partial charge in [-0.1, -0.05) is 23.7 Å². The lowest BCUT2D eigenvalue weighted by Gasteiger charge is -2.33. The summed E-state index contributed by atoms with van der Waals surface area (Å²) in [6.07, 6.45) is 0. The summed E-state index contributed by atoms with van der Waals surface area (Å²) in [5.74, 6) is -0.402. The van der Waals surface area contributed by atoms with Crippen LogP contribution >= 0.6 is 11.6 Å². The van der Waals surface area contributed by atoms with Crippen molar-refractivity contribution in [3.63, 3.8) is 0 Å². The first-order valence-electron chi connectivity index (χ1n) is 8.19. The molecular formula is C19H18ClFN2O3. The van der Waals surface area contributed by atoms with E-state index in [-0.39, 0.29) is 30.8 Å². The molecule has 0 bridgehead atoms. The average Bonchev–Trinajstić information content (AvgIpc) is 2.63. The quantitative estimate of drug-likeness (QED) is 0.805. The molecule has 0 unspecified atom stereocenters. The van der Waals surface area contributed by atoms with Crippen molar-refractivity contribution in [3.8, 4) is 5.75 Å². The van der Waals surface area contributed by atoms with Gasteiger partial charge in [-0.25, -0.2) is 4.39 Å². The van der Waals surface area contributed by atoms with Crippen molar-refractivity contribution in [3.05, 3.63) is 64.9 Å². The molecule has 3 rings (SSSR count). The van der Waals surface area contributed by atoms with Gasteiger partial charge < -0.3 is 4.74 Å². The minimum absolute atomic E-state index is 0.143. The molecule has 0 aromatic heterocycles. The molecule has 1 aliphatic heterocycles. The highest BCUT2D eigenvalue weighted by atomic mass is 35.5. The first kappa shape index (κ1) is 18.4. The highest BCUT2D eigenvalue weighted by Crippen LogP contribution is 2.16. The van der Waals surface area contributed by atoms with Crippen molar-refractivity contribution >= 4 is 23.4 Å². The maximum Gasteiger partial charge on any atom is 0.267 e. The number of ether oxygens (including phenoxy) is 1. The molecule has 0 N–H and O–H groups in total. The monoisotopic (exact) mass is 376 g/mol. The van der Waals surface area contributed by atoms with Gasteiger partial charge in [0.05, 0.1) is 6.54 Å². The summed E-state index contributed by atoms with van der Waals surface area (Å²) in [6, 6.07) is 12.8. The number of benzene rings is 2. The molecule has 2 amide bonds. The normalized spacial score (nSPS) is 15.2. The second-order valence-corrected chi connectivity index (χ2v) is 6.46. The smallest absolute Gasteiger partial charge is 0.267 e. The fourth-order valence-electron chi connectivity index (χ4n) is 2.72. The number of piperazine rings is 1. The molecular weight excluding hydrogens is 359 g/mol. The second-order valence-electron chi connectivity index (χ2n) is 6.02. The molecule has 2 aromatic carbocycles. The number of imide groups is 1. The van der Waals surface area contributed by atoms with Gasteiger partial charge in [0.15, 0.2) is 6.61 Å². The van der Waals surface area contributed by atoms with Crippen molar-refractivity contribution in [2.45, 2.75) is 6.54 Å². The van der Waals surface area contributed by atoms with Crippen LogP contribution < -0.4 is 4.74 Å². The summed E-state index contributed by atoms with van der Waals surface area (Å²) in [5.41, 5.74) is 0.921. The molecule has 1 fully saturated rings. The summed E-state index contributed by atoms with van der Waals surface area (Å²) >= 11 is 5.80. The predicted molar refractivity (Wildman–Crippen MR) is 95.3 cm³/mol. The first-order valence-corrected chi connectivity index (χ1v) is 8.57. The number of amides is 2. The van der Waals surface area contributed by atoms with E-state index in [4.69, 9.17) is 16.3 Å². The number of halogens is 2. The van der Waals surface area contributed by atoms with Gasteiger partial charge in [-0.3, -0.25) is 19.4 Å². The summed E-state index contributed by atoms with van der Waals surface area (Å²) in [7, 11) is 0. The Balaban J connectivity index is 1.49. The third-order valence-electron chi connectivity index (χ3n) is 4.10. The van der Waals surface area contributed by atoms with Crippen LogP contribution in [0.3, 0.4) is 0 Å². The zero-order valence-electron chi connectivity index (χ0n) is 14.0. The summed E-state index contributed by atoms with van der Waals surface area (Å²) in [5, 5.41) is 0.580. The van der Waals surface area contributed by atoms with Crippen LogP contribution in [-0.2, 0) is 16.1 Å². The summed E-state index contributed by atoms with van der Waals surface area (Å²) < 4.78 is 18.4. The minimum Gasteiger partial charge on any atom is -0.484 e. The Kier molecular flexibility index (Phi) is 5.85. The molecule has 1 saturated heterocycles. The third-order valence-corrected chi connectivity index (χ3v) is 4.35. The van der Waals surface area contributed by atoms with Crippen LogP contribution in [0.15, 0.2) is 48.5 Å². The fourth-order valence-corrected chi connectivity index (χ4v) is 2.85. The topological polar surface area (TPSA) is 49.9 Å². The molecule has 5 nitrogen and oxygen atoms in total. The van der Waals surface area contributed by atoms with Crippen LogP contribution in [0.2, 0.25) is 5.02 Å². The van der Waals surface area contributed by atoms with Gasteiger partial charge in [-0.2, -0.15) is 0 Å². The third kappa shape index (κ3) is 4.80. The van der Waals surface area contributed by atoms with Crippen molar-refractivity contribution < 1.29 is 18.7 Å². The Morgan fingerprint density at radius 2 is 1.77 bits per heavy atom. The van der Waals surface area contributed by atoms with Crippen molar-refractivity contribution in [1.29, 1.82) is 0 Å². The summed E-state index contributed by atoms with van der Waals surface area (Å²) in [6.45, 7) is 1.35. The molecule has 0 aliphatic carbocycles. The highest BCUT2D eigenvalue weighted by molar-refractivity contribution is 6.30. The first-order chi connectivity index (χ1) is 12.5. The maximum atomic E-state index is 13.0. The number of carbonyl (C=O) groups excluding carboxylic acids is 2. The average molecular weight is 377 g/mol. The molecule has 0 radical (unpaired) electrons. The fraction of sp³-hybridized carbons (Fsp3) is 0.263. The Morgan fingerprint density at radius 1 is 1.08 bits per heavy atom. The minimum atomic E-state index is -0.369. The Morgan fingerprint density at radius 3 is 2.42 bits per heavy atom. The van der Waals surface area contributed by atoms with E-state index in [0.29, 0.717) is 30.4 Å². The predicted octanol–water partition coefficient (Wildman–Crippen LogP) is 2.73. The maximum absolute atomic E-state index is 13.0. The van der Waals surface area contributed by atoms with Crippen molar-refractivity contribution in [1.82, 2.24) is 9.80 Å². The van der Waals surface area contributed by atoms with E-state index < -0.39 is 0 Å². The molecule has 0 atom stereocenters. The van der Waals surface area contributed by atoms with Gasteiger partial charge in [0, 0.05) is 24.7 Å². The molecule has 136 valence electrons.